The molecule has 0 bridgehead atoms. The minimum atomic E-state index is -0.383. The van der Waals surface area contributed by atoms with Crippen LogP contribution in [0.2, 0.25) is 0 Å². The SMILES string of the molecule is CC(C)N1CCCOC1c1ccc([N+](=O)[O-])cc1. The lowest BCUT2D eigenvalue weighted by Gasteiger charge is -2.38. The Bertz CT molecular complexity index is 417. The summed E-state index contributed by atoms with van der Waals surface area (Å²) < 4.78 is 5.79. The summed E-state index contributed by atoms with van der Waals surface area (Å²) in [5, 5.41) is 10.6. The molecule has 1 atom stereocenters. The summed E-state index contributed by atoms with van der Waals surface area (Å²) in [5.74, 6) is 0. The Morgan fingerprint density at radius 1 is 1.39 bits per heavy atom. The average Bonchev–Trinajstić information content (AvgIpc) is 2.39. The van der Waals surface area contributed by atoms with Gasteiger partial charge in [-0.2, -0.15) is 0 Å². The van der Waals surface area contributed by atoms with Crippen molar-refractivity contribution >= 4 is 5.69 Å². The van der Waals surface area contributed by atoms with Crippen LogP contribution < -0.4 is 0 Å². The van der Waals surface area contributed by atoms with Crippen molar-refractivity contribution in [2.75, 3.05) is 13.2 Å². The Balaban J connectivity index is 2.20. The number of benzene rings is 1. The number of hydrogen-bond acceptors (Lipinski definition) is 4. The first kappa shape index (κ1) is 13.0. The van der Waals surface area contributed by atoms with E-state index in [4.69, 9.17) is 4.74 Å². The molecule has 1 aliphatic rings. The van der Waals surface area contributed by atoms with Crippen LogP contribution in [0.3, 0.4) is 0 Å². The van der Waals surface area contributed by atoms with Crippen molar-refractivity contribution in [3.8, 4) is 0 Å². The maximum Gasteiger partial charge on any atom is 0.269 e. The van der Waals surface area contributed by atoms with Crippen LogP contribution in [0.15, 0.2) is 24.3 Å². The van der Waals surface area contributed by atoms with Gasteiger partial charge in [-0.15, -0.1) is 0 Å². The van der Waals surface area contributed by atoms with Crippen LogP contribution in [0, 0.1) is 10.1 Å². The van der Waals surface area contributed by atoms with E-state index in [2.05, 4.69) is 18.7 Å². The van der Waals surface area contributed by atoms with Crippen molar-refractivity contribution in [2.24, 2.45) is 0 Å². The topological polar surface area (TPSA) is 55.6 Å². The second kappa shape index (κ2) is 5.46. The largest absolute Gasteiger partial charge is 0.359 e. The monoisotopic (exact) mass is 250 g/mol. The van der Waals surface area contributed by atoms with Crippen LogP contribution in [0.4, 0.5) is 5.69 Å². The highest BCUT2D eigenvalue weighted by molar-refractivity contribution is 5.33. The number of ether oxygens (including phenoxy) is 1. The fourth-order valence-corrected chi connectivity index (χ4v) is 2.23. The molecule has 5 nitrogen and oxygen atoms in total. The predicted molar refractivity (Wildman–Crippen MR) is 68.2 cm³/mol. The number of nitro benzene ring substituents is 1. The fraction of sp³-hybridized carbons (Fsp3) is 0.538. The number of nitrogens with zero attached hydrogens (tertiary/aromatic N) is 2. The summed E-state index contributed by atoms with van der Waals surface area (Å²) in [7, 11) is 0. The first-order valence-electron chi connectivity index (χ1n) is 6.21. The molecule has 0 spiro atoms. The molecule has 1 aliphatic heterocycles. The molecule has 1 aromatic rings. The van der Waals surface area contributed by atoms with E-state index in [1.165, 1.54) is 12.1 Å². The molecule has 18 heavy (non-hydrogen) atoms. The summed E-state index contributed by atoms with van der Waals surface area (Å²) >= 11 is 0. The second-order valence-electron chi connectivity index (χ2n) is 4.76. The molecular weight excluding hydrogens is 232 g/mol. The van der Waals surface area contributed by atoms with Gasteiger partial charge in [0.2, 0.25) is 0 Å². The van der Waals surface area contributed by atoms with E-state index < -0.39 is 0 Å². The average molecular weight is 250 g/mol. The molecule has 98 valence electrons. The molecule has 1 aromatic carbocycles. The molecule has 2 rings (SSSR count). The molecule has 0 N–H and O–H groups in total. The molecule has 1 heterocycles. The van der Waals surface area contributed by atoms with E-state index in [0.717, 1.165) is 25.1 Å². The summed E-state index contributed by atoms with van der Waals surface area (Å²) in [6.07, 6.45) is 0.946. The number of non-ortho nitro benzene ring substituents is 1. The number of rotatable bonds is 3. The van der Waals surface area contributed by atoms with Gasteiger partial charge < -0.3 is 4.74 Å². The van der Waals surface area contributed by atoms with Crippen molar-refractivity contribution in [1.29, 1.82) is 0 Å². The summed E-state index contributed by atoms with van der Waals surface area (Å²) in [6, 6.07) is 7.02. The number of hydrogen-bond donors (Lipinski definition) is 0. The Morgan fingerprint density at radius 3 is 2.61 bits per heavy atom. The van der Waals surface area contributed by atoms with Crippen molar-refractivity contribution < 1.29 is 9.66 Å². The highest BCUT2D eigenvalue weighted by Gasteiger charge is 2.26. The zero-order valence-corrected chi connectivity index (χ0v) is 10.7. The van der Waals surface area contributed by atoms with Gasteiger partial charge in [0, 0.05) is 24.7 Å². The quantitative estimate of drug-likeness (QED) is 0.611. The first-order valence-corrected chi connectivity index (χ1v) is 6.21. The zero-order chi connectivity index (χ0) is 13.1. The Labute approximate surface area is 107 Å². The normalized spacial score (nSPS) is 21.2. The van der Waals surface area contributed by atoms with E-state index in [1.54, 1.807) is 12.1 Å². The highest BCUT2D eigenvalue weighted by atomic mass is 16.6. The van der Waals surface area contributed by atoms with Crippen LogP contribution in [0.25, 0.3) is 0 Å². The molecule has 0 amide bonds. The lowest BCUT2D eigenvalue weighted by molar-refractivity contribution is -0.384. The summed E-state index contributed by atoms with van der Waals surface area (Å²) in [6.45, 7) is 6.00. The summed E-state index contributed by atoms with van der Waals surface area (Å²) in [4.78, 5) is 12.5. The third kappa shape index (κ3) is 2.68. The zero-order valence-electron chi connectivity index (χ0n) is 10.7. The second-order valence-corrected chi connectivity index (χ2v) is 4.76. The highest BCUT2D eigenvalue weighted by Crippen LogP contribution is 2.29. The minimum Gasteiger partial charge on any atom is -0.359 e. The molecular formula is C13H18N2O3. The molecule has 0 aromatic heterocycles. The van der Waals surface area contributed by atoms with E-state index in [0.29, 0.717) is 6.04 Å². The van der Waals surface area contributed by atoms with Gasteiger partial charge in [0.15, 0.2) is 0 Å². The van der Waals surface area contributed by atoms with Gasteiger partial charge in [0.1, 0.15) is 6.23 Å². The van der Waals surface area contributed by atoms with Crippen molar-refractivity contribution in [1.82, 2.24) is 4.90 Å². The van der Waals surface area contributed by atoms with Crippen molar-refractivity contribution in [3.63, 3.8) is 0 Å². The van der Waals surface area contributed by atoms with E-state index in [-0.39, 0.29) is 16.8 Å². The molecule has 0 aliphatic carbocycles. The Morgan fingerprint density at radius 2 is 2.06 bits per heavy atom. The van der Waals surface area contributed by atoms with Gasteiger partial charge in [-0.25, -0.2) is 0 Å². The van der Waals surface area contributed by atoms with E-state index in [9.17, 15) is 10.1 Å². The molecule has 1 saturated heterocycles. The van der Waals surface area contributed by atoms with Crippen LogP contribution in [0.1, 0.15) is 32.1 Å². The minimum absolute atomic E-state index is 0.0837. The van der Waals surface area contributed by atoms with Gasteiger partial charge in [0.25, 0.3) is 5.69 Å². The molecule has 1 unspecified atom stereocenters. The van der Waals surface area contributed by atoms with Crippen LogP contribution >= 0.6 is 0 Å². The predicted octanol–water partition coefficient (Wildman–Crippen LogP) is 2.72. The van der Waals surface area contributed by atoms with Crippen LogP contribution in [0.5, 0.6) is 0 Å². The van der Waals surface area contributed by atoms with Crippen LogP contribution in [-0.2, 0) is 4.74 Å². The fourth-order valence-electron chi connectivity index (χ4n) is 2.23. The van der Waals surface area contributed by atoms with Gasteiger partial charge in [-0.05, 0) is 38.0 Å². The lowest BCUT2D eigenvalue weighted by Crippen LogP contribution is -2.41. The molecule has 5 heteroatoms. The molecule has 1 fully saturated rings. The Hall–Kier alpha value is -1.46. The van der Waals surface area contributed by atoms with Crippen molar-refractivity contribution in [2.45, 2.75) is 32.5 Å². The van der Waals surface area contributed by atoms with Gasteiger partial charge in [0.05, 0.1) is 11.5 Å². The third-order valence-electron chi connectivity index (χ3n) is 3.19. The Kier molecular flexibility index (Phi) is 3.93. The van der Waals surface area contributed by atoms with Gasteiger partial charge in [-0.1, -0.05) is 0 Å². The van der Waals surface area contributed by atoms with E-state index >= 15 is 0 Å². The first-order chi connectivity index (χ1) is 8.59. The lowest BCUT2D eigenvalue weighted by atomic mass is 10.1. The third-order valence-corrected chi connectivity index (χ3v) is 3.19. The standard InChI is InChI=1S/C13H18N2O3/c1-10(2)14-8-3-9-18-13(14)11-4-6-12(7-5-11)15(16)17/h4-7,10,13H,3,8-9H2,1-2H3. The van der Waals surface area contributed by atoms with Crippen molar-refractivity contribution in [3.05, 3.63) is 39.9 Å². The molecule has 0 radical (unpaired) electrons. The van der Waals surface area contributed by atoms with Gasteiger partial charge in [-0.3, -0.25) is 15.0 Å². The number of nitro groups is 1. The van der Waals surface area contributed by atoms with Gasteiger partial charge >= 0.3 is 0 Å². The van der Waals surface area contributed by atoms with Crippen LogP contribution in [-0.4, -0.2) is 29.0 Å². The maximum absolute atomic E-state index is 10.6. The smallest absolute Gasteiger partial charge is 0.269 e. The maximum atomic E-state index is 10.6. The molecule has 0 saturated carbocycles. The van der Waals surface area contributed by atoms with E-state index in [1.807, 2.05) is 0 Å². The summed E-state index contributed by atoms with van der Waals surface area (Å²) in [5.41, 5.74) is 1.10.